The molecule has 5 aromatic rings. The summed E-state index contributed by atoms with van der Waals surface area (Å²) in [5, 5.41) is 1.17. The second-order valence-electron chi connectivity index (χ2n) is 6.42. The summed E-state index contributed by atoms with van der Waals surface area (Å²) >= 11 is 0. The molecule has 0 aliphatic carbocycles. The molecule has 3 aromatic heterocycles. The summed E-state index contributed by atoms with van der Waals surface area (Å²) in [5.41, 5.74) is 6.04. The number of para-hydroxylation sites is 1. The number of hydrogen-bond acceptors (Lipinski definition) is 3. The summed E-state index contributed by atoms with van der Waals surface area (Å²) in [6.45, 7) is 0.739. The average molecular weight is 339 g/mol. The Balaban J connectivity index is 1.68. The molecule has 0 bridgehead atoms. The second-order valence-corrected chi connectivity index (χ2v) is 6.42. The van der Waals surface area contributed by atoms with Gasteiger partial charge < -0.3 is 9.13 Å². The molecule has 0 amide bonds. The zero-order chi connectivity index (χ0) is 17.5. The lowest BCUT2D eigenvalue weighted by Crippen LogP contribution is -1.99. The van der Waals surface area contributed by atoms with Gasteiger partial charge in [0.2, 0.25) is 0 Å². The van der Waals surface area contributed by atoms with Gasteiger partial charge in [-0.15, -0.1) is 0 Å². The van der Waals surface area contributed by atoms with Crippen molar-refractivity contribution in [2.75, 3.05) is 0 Å². The molecule has 5 rings (SSSR count). The minimum absolute atomic E-state index is 0.739. The molecular weight excluding hydrogens is 322 g/mol. The molecule has 0 atom stereocenters. The Labute approximate surface area is 150 Å². The predicted molar refractivity (Wildman–Crippen MR) is 103 cm³/mol. The molecule has 3 heterocycles. The molecule has 5 nitrogen and oxygen atoms in total. The van der Waals surface area contributed by atoms with Crippen molar-refractivity contribution >= 4 is 22.1 Å². The van der Waals surface area contributed by atoms with Crippen LogP contribution in [0.1, 0.15) is 5.56 Å². The van der Waals surface area contributed by atoms with Gasteiger partial charge >= 0.3 is 0 Å². The van der Waals surface area contributed by atoms with E-state index in [2.05, 4.69) is 73.7 Å². The maximum Gasteiger partial charge on any atom is 0.164 e. The summed E-state index contributed by atoms with van der Waals surface area (Å²) in [5.74, 6) is 0. The zero-order valence-electron chi connectivity index (χ0n) is 14.4. The van der Waals surface area contributed by atoms with Crippen molar-refractivity contribution in [1.82, 2.24) is 24.1 Å². The molecule has 0 N–H and O–H groups in total. The smallest absolute Gasteiger partial charge is 0.164 e. The summed E-state index contributed by atoms with van der Waals surface area (Å²) in [6, 6.07) is 18.7. The Morgan fingerprint density at radius 1 is 0.885 bits per heavy atom. The van der Waals surface area contributed by atoms with E-state index in [1.165, 1.54) is 16.5 Å². The van der Waals surface area contributed by atoms with E-state index >= 15 is 0 Å². The fourth-order valence-electron chi connectivity index (χ4n) is 3.50. The highest BCUT2D eigenvalue weighted by atomic mass is 15.1. The highest BCUT2D eigenvalue weighted by Crippen LogP contribution is 2.32. The van der Waals surface area contributed by atoms with Crippen LogP contribution in [0.2, 0.25) is 0 Å². The van der Waals surface area contributed by atoms with Crippen LogP contribution in [0.4, 0.5) is 0 Å². The van der Waals surface area contributed by atoms with Crippen LogP contribution in [0, 0.1) is 0 Å². The first-order valence-electron chi connectivity index (χ1n) is 8.55. The van der Waals surface area contributed by atoms with E-state index in [1.54, 1.807) is 6.33 Å². The van der Waals surface area contributed by atoms with Crippen LogP contribution < -0.4 is 0 Å². The van der Waals surface area contributed by atoms with Crippen molar-refractivity contribution in [3.8, 4) is 11.3 Å². The van der Waals surface area contributed by atoms with Crippen LogP contribution in [-0.2, 0) is 13.6 Å². The molecule has 2 aromatic carbocycles. The van der Waals surface area contributed by atoms with Crippen molar-refractivity contribution in [1.29, 1.82) is 0 Å². The van der Waals surface area contributed by atoms with E-state index in [-0.39, 0.29) is 0 Å². The third-order valence-corrected chi connectivity index (χ3v) is 4.75. The molecule has 0 aliphatic rings. The monoisotopic (exact) mass is 339 g/mol. The van der Waals surface area contributed by atoms with Gasteiger partial charge in [-0.1, -0.05) is 48.5 Å². The maximum absolute atomic E-state index is 4.64. The first kappa shape index (κ1) is 14.8. The van der Waals surface area contributed by atoms with Gasteiger partial charge in [-0.2, -0.15) is 0 Å². The van der Waals surface area contributed by atoms with E-state index in [1.807, 2.05) is 24.5 Å². The van der Waals surface area contributed by atoms with Crippen LogP contribution in [-0.4, -0.2) is 24.1 Å². The number of aryl methyl sites for hydroxylation is 1. The van der Waals surface area contributed by atoms with Crippen molar-refractivity contribution in [2.45, 2.75) is 6.54 Å². The minimum Gasteiger partial charge on any atom is -0.350 e. The van der Waals surface area contributed by atoms with E-state index in [0.29, 0.717) is 0 Å². The maximum atomic E-state index is 4.64. The lowest BCUT2D eigenvalue weighted by Gasteiger charge is -2.04. The standard InChI is InChI=1S/C21H17N5/c1-25-12-17(16-9-5-6-10-18(16)25)19-20-21(23-13-22-19)26(14-24-20)11-15-7-3-2-4-8-15/h2-10,12-14H,11H2,1H3. The zero-order valence-corrected chi connectivity index (χ0v) is 14.4. The van der Waals surface area contributed by atoms with Gasteiger partial charge in [0.15, 0.2) is 5.65 Å². The number of rotatable bonds is 3. The summed E-state index contributed by atoms with van der Waals surface area (Å²) in [4.78, 5) is 13.7. The molecule has 26 heavy (non-hydrogen) atoms. The van der Waals surface area contributed by atoms with Gasteiger partial charge in [0.05, 0.1) is 12.9 Å². The third-order valence-electron chi connectivity index (χ3n) is 4.75. The molecule has 0 saturated heterocycles. The van der Waals surface area contributed by atoms with Gasteiger partial charge in [0, 0.05) is 29.7 Å². The summed E-state index contributed by atoms with van der Waals surface area (Å²) in [7, 11) is 2.05. The largest absolute Gasteiger partial charge is 0.350 e. The average Bonchev–Trinajstić information content (AvgIpc) is 3.24. The quantitative estimate of drug-likeness (QED) is 0.498. The van der Waals surface area contributed by atoms with E-state index < -0.39 is 0 Å². The molecule has 0 aliphatic heterocycles. The fraction of sp³-hybridized carbons (Fsp3) is 0.0952. The van der Waals surface area contributed by atoms with Crippen LogP contribution in [0.3, 0.4) is 0 Å². The van der Waals surface area contributed by atoms with Crippen LogP contribution >= 0.6 is 0 Å². The molecular formula is C21H17N5. The highest BCUT2D eigenvalue weighted by molar-refractivity contribution is 6.00. The van der Waals surface area contributed by atoms with E-state index in [4.69, 9.17) is 0 Å². The van der Waals surface area contributed by atoms with Crippen molar-refractivity contribution in [3.63, 3.8) is 0 Å². The van der Waals surface area contributed by atoms with Crippen molar-refractivity contribution in [2.24, 2.45) is 7.05 Å². The first-order chi connectivity index (χ1) is 12.8. The molecule has 0 fully saturated rings. The molecule has 5 heteroatoms. The number of nitrogens with zero attached hydrogens (tertiary/aromatic N) is 5. The van der Waals surface area contributed by atoms with Crippen LogP contribution in [0.25, 0.3) is 33.3 Å². The Hall–Kier alpha value is -3.47. The van der Waals surface area contributed by atoms with Gasteiger partial charge in [-0.05, 0) is 11.6 Å². The Bertz CT molecular complexity index is 1220. The number of fused-ring (bicyclic) bond motifs is 2. The minimum atomic E-state index is 0.739. The van der Waals surface area contributed by atoms with Crippen molar-refractivity contribution < 1.29 is 0 Å². The molecule has 0 unspecified atom stereocenters. The van der Waals surface area contributed by atoms with Gasteiger partial charge in [-0.3, -0.25) is 0 Å². The lowest BCUT2D eigenvalue weighted by atomic mass is 10.1. The number of benzene rings is 2. The Morgan fingerprint density at radius 3 is 2.58 bits per heavy atom. The first-order valence-corrected chi connectivity index (χ1v) is 8.55. The number of hydrogen-bond donors (Lipinski definition) is 0. The fourth-order valence-corrected chi connectivity index (χ4v) is 3.50. The third kappa shape index (κ3) is 2.29. The topological polar surface area (TPSA) is 48.5 Å². The Morgan fingerprint density at radius 2 is 1.69 bits per heavy atom. The van der Waals surface area contributed by atoms with E-state index in [0.717, 1.165) is 29.0 Å². The van der Waals surface area contributed by atoms with Crippen molar-refractivity contribution in [3.05, 3.63) is 79.0 Å². The second kappa shape index (κ2) is 5.81. The van der Waals surface area contributed by atoms with Gasteiger partial charge in [0.25, 0.3) is 0 Å². The van der Waals surface area contributed by atoms with Crippen LogP contribution in [0.5, 0.6) is 0 Å². The predicted octanol–water partition coefficient (Wildman–Crippen LogP) is 4.03. The molecule has 0 radical (unpaired) electrons. The number of aromatic nitrogens is 5. The molecule has 0 spiro atoms. The summed E-state index contributed by atoms with van der Waals surface area (Å²) < 4.78 is 4.19. The van der Waals surface area contributed by atoms with Crippen LogP contribution in [0.15, 0.2) is 73.4 Å². The van der Waals surface area contributed by atoms with Gasteiger partial charge in [-0.25, -0.2) is 15.0 Å². The lowest BCUT2D eigenvalue weighted by molar-refractivity contribution is 0.813. The Kier molecular flexibility index (Phi) is 3.31. The highest BCUT2D eigenvalue weighted by Gasteiger charge is 2.16. The molecule has 126 valence electrons. The number of imidazole rings is 1. The molecule has 0 saturated carbocycles. The van der Waals surface area contributed by atoms with Gasteiger partial charge in [0.1, 0.15) is 17.5 Å². The normalized spacial score (nSPS) is 11.4. The SMILES string of the molecule is Cn1cc(-c2ncnc3c2ncn3Cc2ccccc2)c2ccccc21. The summed E-state index contributed by atoms with van der Waals surface area (Å²) in [6.07, 6.45) is 5.59. The van der Waals surface area contributed by atoms with E-state index in [9.17, 15) is 0 Å².